The maximum Gasteiger partial charge on any atom is 0.435 e. The number of carbonyl (C=O) groups excluding carboxylic acids is 1. The van der Waals surface area contributed by atoms with Crippen LogP contribution in [0.25, 0.3) is 11.1 Å². The van der Waals surface area contributed by atoms with Crippen LogP contribution in [0, 0.1) is 24.1 Å². The quantitative estimate of drug-likeness (QED) is 0.313. The van der Waals surface area contributed by atoms with Crippen molar-refractivity contribution >= 4 is 22.8 Å². The lowest BCUT2D eigenvalue weighted by atomic mass is 9.97. The van der Waals surface area contributed by atoms with Gasteiger partial charge in [0.1, 0.15) is 5.82 Å². The van der Waals surface area contributed by atoms with Gasteiger partial charge in [-0.2, -0.15) is 18.3 Å². The van der Waals surface area contributed by atoms with E-state index in [9.17, 15) is 22.4 Å². The third kappa shape index (κ3) is 5.98. The summed E-state index contributed by atoms with van der Waals surface area (Å²) in [6.07, 6.45) is -1.47. The Labute approximate surface area is 228 Å². The number of nitrogens with zero attached hydrogens (tertiary/aromatic N) is 3. The van der Waals surface area contributed by atoms with Crippen molar-refractivity contribution < 1.29 is 22.4 Å². The number of aromatic nitrogens is 2. The van der Waals surface area contributed by atoms with E-state index >= 15 is 0 Å². The summed E-state index contributed by atoms with van der Waals surface area (Å²) in [6.45, 7) is 4.58. The SMILES string of the molecule is CCn1cc(-c2cc(CN3CCSC3=N)cc(C(=O)NC(c3ccc(F)c(C)c3)C3CC3)c2)c(C(F)(F)F)n1. The third-order valence-electron chi connectivity index (χ3n) is 7.10. The molecule has 1 aliphatic heterocycles. The highest BCUT2D eigenvalue weighted by Crippen LogP contribution is 2.42. The highest BCUT2D eigenvalue weighted by atomic mass is 32.2. The molecule has 206 valence electrons. The van der Waals surface area contributed by atoms with Gasteiger partial charge in [0.2, 0.25) is 0 Å². The molecular formula is C28H29F4N5OS. The Hall–Kier alpha value is -3.34. The van der Waals surface area contributed by atoms with Crippen LogP contribution in [0.2, 0.25) is 0 Å². The van der Waals surface area contributed by atoms with Gasteiger partial charge in [0.05, 0.1) is 6.04 Å². The monoisotopic (exact) mass is 559 g/mol. The third-order valence-corrected chi connectivity index (χ3v) is 8.02. The van der Waals surface area contributed by atoms with Crippen LogP contribution in [0.5, 0.6) is 0 Å². The van der Waals surface area contributed by atoms with E-state index in [0.717, 1.165) is 24.2 Å². The number of aryl methyl sites for hydroxylation is 2. The number of amides is 1. The van der Waals surface area contributed by atoms with Crippen molar-refractivity contribution in [2.24, 2.45) is 5.92 Å². The van der Waals surface area contributed by atoms with Crippen molar-refractivity contribution in [3.8, 4) is 11.1 Å². The Morgan fingerprint density at radius 2 is 2.00 bits per heavy atom. The Morgan fingerprint density at radius 1 is 1.23 bits per heavy atom. The number of hydrogen-bond donors (Lipinski definition) is 2. The fourth-order valence-electron chi connectivity index (χ4n) is 4.88. The maximum absolute atomic E-state index is 13.9. The number of amidine groups is 1. The average Bonchev–Trinajstić information content (AvgIpc) is 3.50. The van der Waals surface area contributed by atoms with E-state index in [1.807, 2.05) is 4.90 Å². The lowest BCUT2D eigenvalue weighted by Gasteiger charge is -2.21. The summed E-state index contributed by atoms with van der Waals surface area (Å²) in [7, 11) is 0. The van der Waals surface area contributed by atoms with E-state index in [1.54, 1.807) is 38.1 Å². The van der Waals surface area contributed by atoms with Crippen molar-refractivity contribution in [2.45, 2.75) is 52.0 Å². The zero-order valence-electron chi connectivity index (χ0n) is 21.6. The molecule has 2 N–H and O–H groups in total. The predicted octanol–water partition coefficient (Wildman–Crippen LogP) is 6.40. The molecule has 1 saturated carbocycles. The van der Waals surface area contributed by atoms with Gasteiger partial charge in [-0.05, 0) is 79.1 Å². The standard InChI is InChI=1S/C28H29F4N5OS/c1-3-37-15-22(25(35-37)28(30,31)32)20-11-17(14-36-8-9-39-27(36)33)12-21(13-20)26(38)34-24(18-4-5-18)19-6-7-23(29)16(2)10-19/h6-7,10-13,15,18,24,33H,3-5,8-9,14H2,1-2H3,(H,34,38). The molecule has 1 unspecified atom stereocenters. The maximum atomic E-state index is 13.9. The van der Waals surface area contributed by atoms with Crippen molar-refractivity contribution in [1.29, 1.82) is 5.41 Å². The van der Waals surface area contributed by atoms with E-state index in [2.05, 4.69) is 10.4 Å². The second kappa shape index (κ2) is 10.7. The number of halogens is 4. The number of alkyl halides is 3. The molecule has 0 radical (unpaired) electrons. The molecule has 5 rings (SSSR count). The molecule has 2 aromatic carbocycles. The molecule has 0 bridgehead atoms. The molecule has 39 heavy (non-hydrogen) atoms. The van der Waals surface area contributed by atoms with Crippen LogP contribution in [-0.4, -0.2) is 38.1 Å². The largest absolute Gasteiger partial charge is 0.435 e. The molecule has 11 heteroatoms. The topological polar surface area (TPSA) is 74.0 Å². The van der Waals surface area contributed by atoms with Crippen molar-refractivity contribution in [3.63, 3.8) is 0 Å². The minimum atomic E-state index is -4.67. The number of thioether (sulfide) groups is 1. The second-order valence-electron chi connectivity index (χ2n) is 10.0. The lowest BCUT2D eigenvalue weighted by molar-refractivity contribution is -0.141. The molecule has 2 fully saturated rings. The van der Waals surface area contributed by atoms with Crippen LogP contribution < -0.4 is 5.32 Å². The lowest BCUT2D eigenvalue weighted by Crippen LogP contribution is -2.30. The molecule has 3 aromatic rings. The van der Waals surface area contributed by atoms with Crippen LogP contribution in [0.4, 0.5) is 17.6 Å². The van der Waals surface area contributed by atoms with Gasteiger partial charge in [0.25, 0.3) is 5.91 Å². The van der Waals surface area contributed by atoms with Gasteiger partial charge < -0.3 is 10.2 Å². The number of carbonyl (C=O) groups is 1. The van der Waals surface area contributed by atoms with Gasteiger partial charge in [-0.25, -0.2) is 4.39 Å². The number of hydrogen-bond acceptors (Lipinski definition) is 4. The van der Waals surface area contributed by atoms with E-state index in [-0.39, 0.29) is 41.0 Å². The summed E-state index contributed by atoms with van der Waals surface area (Å²) in [5, 5.41) is 15.3. The molecule has 6 nitrogen and oxygen atoms in total. The highest BCUT2D eigenvalue weighted by molar-refractivity contribution is 8.14. The molecule has 1 saturated heterocycles. The summed E-state index contributed by atoms with van der Waals surface area (Å²) >= 11 is 1.41. The molecule has 1 atom stereocenters. The highest BCUT2D eigenvalue weighted by Gasteiger charge is 2.38. The molecule has 1 amide bonds. The smallest absolute Gasteiger partial charge is 0.347 e. The van der Waals surface area contributed by atoms with E-state index in [0.29, 0.717) is 29.4 Å². The van der Waals surface area contributed by atoms with Crippen molar-refractivity contribution in [2.75, 3.05) is 12.3 Å². The fourth-order valence-corrected chi connectivity index (χ4v) is 5.72. The summed E-state index contributed by atoms with van der Waals surface area (Å²) in [5.41, 5.74) is 1.27. The number of rotatable bonds is 8. The average molecular weight is 560 g/mol. The number of benzene rings is 2. The van der Waals surface area contributed by atoms with Crippen LogP contribution in [0.1, 0.15) is 58.5 Å². The summed E-state index contributed by atoms with van der Waals surface area (Å²) < 4.78 is 56.9. The van der Waals surface area contributed by atoms with Crippen LogP contribution in [0.3, 0.4) is 0 Å². The Balaban J connectivity index is 1.53. The first-order valence-corrected chi connectivity index (χ1v) is 13.8. The van der Waals surface area contributed by atoms with Crippen molar-refractivity contribution in [1.82, 2.24) is 20.0 Å². The molecule has 2 aliphatic rings. The van der Waals surface area contributed by atoms with Gasteiger partial charge >= 0.3 is 6.18 Å². The second-order valence-corrected chi connectivity index (χ2v) is 11.1. The van der Waals surface area contributed by atoms with Crippen LogP contribution >= 0.6 is 11.8 Å². The zero-order valence-corrected chi connectivity index (χ0v) is 22.4. The van der Waals surface area contributed by atoms with Gasteiger partial charge in [0.15, 0.2) is 10.9 Å². The first-order chi connectivity index (χ1) is 18.5. The summed E-state index contributed by atoms with van der Waals surface area (Å²) in [5.74, 6) is 0.228. The van der Waals surface area contributed by atoms with Gasteiger partial charge in [-0.15, -0.1) is 0 Å². The zero-order chi connectivity index (χ0) is 27.9. The summed E-state index contributed by atoms with van der Waals surface area (Å²) in [4.78, 5) is 15.4. The summed E-state index contributed by atoms with van der Waals surface area (Å²) in [6, 6.07) is 9.23. The van der Waals surface area contributed by atoms with Gasteiger partial charge in [-0.1, -0.05) is 23.9 Å². The Bertz CT molecular complexity index is 1420. The molecule has 2 heterocycles. The minimum absolute atomic E-state index is 0.0981. The fraction of sp³-hybridized carbons (Fsp3) is 0.393. The van der Waals surface area contributed by atoms with Gasteiger partial charge in [0, 0.05) is 42.7 Å². The normalized spacial score (nSPS) is 16.6. The first kappa shape index (κ1) is 27.2. The van der Waals surface area contributed by atoms with E-state index in [4.69, 9.17) is 5.41 Å². The van der Waals surface area contributed by atoms with Crippen LogP contribution in [0.15, 0.2) is 42.6 Å². The Kier molecular flexibility index (Phi) is 7.45. The number of nitrogens with one attached hydrogen (secondary N) is 2. The van der Waals surface area contributed by atoms with Gasteiger partial charge in [-0.3, -0.25) is 14.9 Å². The molecule has 1 aromatic heterocycles. The Morgan fingerprint density at radius 3 is 2.62 bits per heavy atom. The van der Waals surface area contributed by atoms with Crippen LogP contribution in [-0.2, 0) is 19.3 Å². The predicted molar refractivity (Wildman–Crippen MR) is 143 cm³/mol. The molecule has 0 spiro atoms. The molecular weight excluding hydrogens is 530 g/mol. The minimum Gasteiger partial charge on any atom is -0.347 e. The van der Waals surface area contributed by atoms with Crippen molar-refractivity contribution in [3.05, 3.63) is 76.4 Å². The molecule has 1 aliphatic carbocycles. The van der Waals surface area contributed by atoms with E-state index < -0.39 is 17.8 Å². The van der Waals surface area contributed by atoms with E-state index in [1.165, 1.54) is 34.8 Å². The first-order valence-electron chi connectivity index (χ1n) is 12.9.